The van der Waals surface area contributed by atoms with Crippen LogP contribution in [0.3, 0.4) is 0 Å². The zero-order valence-corrected chi connectivity index (χ0v) is 14.3. The fourth-order valence-electron chi connectivity index (χ4n) is 3.18. The van der Waals surface area contributed by atoms with Crippen molar-refractivity contribution in [3.8, 4) is 0 Å². The lowest BCUT2D eigenvalue weighted by Gasteiger charge is -2.36. The van der Waals surface area contributed by atoms with Gasteiger partial charge >= 0.3 is 6.18 Å². The summed E-state index contributed by atoms with van der Waals surface area (Å²) in [7, 11) is 3.34. The van der Waals surface area contributed by atoms with Crippen LogP contribution in [0.4, 0.5) is 13.2 Å². The van der Waals surface area contributed by atoms with Gasteiger partial charge in [-0.05, 0) is 6.42 Å². The SMILES string of the molecule is CN=C(NCC1(OC)CCOCC1)NC1CCN(CC(F)(F)F)C1. The van der Waals surface area contributed by atoms with E-state index in [0.717, 1.165) is 12.8 Å². The highest BCUT2D eigenvalue weighted by Crippen LogP contribution is 2.23. The highest BCUT2D eigenvalue weighted by molar-refractivity contribution is 5.80. The summed E-state index contributed by atoms with van der Waals surface area (Å²) in [5.74, 6) is 0.594. The highest BCUT2D eigenvalue weighted by atomic mass is 19.4. The standard InChI is InChI=1S/C15H27F3N4O2/c1-19-13(20-10-14(23-2)4-7-24-8-5-14)21-12-3-6-22(9-12)11-15(16,17)18/h12H,3-11H2,1-2H3,(H2,19,20,21). The first kappa shape index (κ1) is 19.3. The number of methoxy groups -OCH3 is 1. The molecule has 0 saturated carbocycles. The van der Waals surface area contributed by atoms with Gasteiger partial charge in [-0.1, -0.05) is 0 Å². The molecule has 9 heteroatoms. The number of alkyl halides is 3. The van der Waals surface area contributed by atoms with Crippen LogP contribution in [0.5, 0.6) is 0 Å². The molecule has 0 amide bonds. The average Bonchev–Trinajstić information content (AvgIpc) is 2.97. The Balaban J connectivity index is 1.78. The normalized spacial score (nSPS) is 25.7. The number of aliphatic imine (C=N–C) groups is 1. The van der Waals surface area contributed by atoms with E-state index < -0.39 is 12.7 Å². The molecule has 1 atom stereocenters. The predicted molar refractivity (Wildman–Crippen MR) is 85.2 cm³/mol. The third-order valence-corrected chi connectivity index (χ3v) is 4.65. The van der Waals surface area contributed by atoms with E-state index in [1.165, 1.54) is 4.90 Å². The number of ether oxygens (including phenoxy) is 2. The maximum Gasteiger partial charge on any atom is 0.401 e. The molecule has 0 aromatic rings. The van der Waals surface area contributed by atoms with Crippen molar-refractivity contribution in [2.75, 3.05) is 53.6 Å². The molecule has 140 valence electrons. The van der Waals surface area contributed by atoms with E-state index in [0.29, 0.717) is 45.2 Å². The van der Waals surface area contributed by atoms with Crippen LogP contribution in [0.2, 0.25) is 0 Å². The minimum atomic E-state index is -4.15. The first-order valence-corrected chi connectivity index (χ1v) is 8.25. The van der Waals surface area contributed by atoms with Gasteiger partial charge in [-0.25, -0.2) is 0 Å². The third-order valence-electron chi connectivity index (χ3n) is 4.65. The summed E-state index contributed by atoms with van der Waals surface area (Å²) in [6.07, 6.45) is -1.88. The van der Waals surface area contributed by atoms with E-state index in [2.05, 4.69) is 15.6 Å². The topological polar surface area (TPSA) is 58.1 Å². The number of halogens is 3. The van der Waals surface area contributed by atoms with Crippen molar-refractivity contribution in [1.82, 2.24) is 15.5 Å². The van der Waals surface area contributed by atoms with E-state index in [1.807, 2.05) is 0 Å². The van der Waals surface area contributed by atoms with E-state index >= 15 is 0 Å². The monoisotopic (exact) mass is 352 g/mol. The zero-order chi connectivity index (χ0) is 17.6. The summed E-state index contributed by atoms with van der Waals surface area (Å²) < 4.78 is 48.4. The smallest absolute Gasteiger partial charge is 0.381 e. The van der Waals surface area contributed by atoms with Crippen LogP contribution >= 0.6 is 0 Å². The molecule has 0 bridgehead atoms. The van der Waals surface area contributed by atoms with Crippen molar-refractivity contribution < 1.29 is 22.6 Å². The van der Waals surface area contributed by atoms with Gasteiger partial charge in [0.05, 0.1) is 12.1 Å². The lowest BCUT2D eigenvalue weighted by Crippen LogP contribution is -2.52. The first-order chi connectivity index (χ1) is 11.4. The van der Waals surface area contributed by atoms with Gasteiger partial charge in [-0.3, -0.25) is 9.89 Å². The van der Waals surface area contributed by atoms with E-state index in [9.17, 15) is 13.2 Å². The van der Waals surface area contributed by atoms with Gasteiger partial charge in [-0.15, -0.1) is 0 Å². The molecule has 6 nitrogen and oxygen atoms in total. The van der Waals surface area contributed by atoms with Crippen LogP contribution in [0.25, 0.3) is 0 Å². The van der Waals surface area contributed by atoms with Crippen molar-refractivity contribution >= 4 is 5.96 Å². The minimum absolute atomic E-state index is 0.0354. The number of hydrogen-bond donors (Lipinski definition) is 2. The molecule has 2 rings (SSSR count). The van der Waals surface area contributed by atoms with Crippen molar-refractivity contribution in [3.05, 3.63) is 0 Å². The molecule has 24 heavy (non-hydrogen) atoms. The van der Waals surface area contributed by atoms with Gasteiger partial charge in [0, 0.05) is 65.9 Å². The molecular formula is C15H27F3N4O2. The van der Waals surface area contributed by atoms with Gasteiger partial charge in [0.1, 0.15) is 0 Å². The highest BCUT2D eigenvalue weighted by Gasteiger charge is 2.35. The number of guanidine groups is 1. The molecular weight excluding hydrogens is 325 g/mol. The maximum atomic E-state index is 12.4. The number of likely N-dealkylation sites (tertiary alicyclic amines) is 1. The van der Waals surface area contributed by atoms with Crippen LogP contribution in [0, 0.1) is 0 Å². The van der Waals surface area contributed by atoms with Crippen molar-refractivity contribution in [2.45, 2.75) is 37.1 Å². The molecule has 0 aromatic carbocycles. The Bertz CT molecular complexity index is 425. The van der Waals surface area contributed by atoms with Crippen molar-refractivity contribution in [2.24, 2.45) is 4.99 Å². The van der Waals surface area contributed by atoms with Gasteiger partial charge in [0.2, 0.25) is 0 Å². The lowest BCUT2D eigenvalue weighted by atomic mass is 9.94. The second-order valence-electron chi connectivity index (χ2n) is 6.41. The third kappa shape index (κ3) is 5.78. The Kier molecular flexibility index (Phi) is 6.70. The van der Waals surface area contributed by atoms with E-state index in [-0.39, 0.29) is 11.6 Å². The lowest BCUT2D eigenvalue weighted by molar-refractivity contribution is -0.143. The van der Waals surface area contributed by atoms with Gasteiger partial charge in [-0.2, -0.15) is 13.2 Å². The Labute approximate surface area is 140 Å². The summed E-state index contributed by atoms with van der Waals surface area (Å²) in [5, 5.41) is 6.44. The molecule has 2 saturated heterocycles. The van der Waals surface area contributed by atoms with Crippen LogP contribution in [0.1, 0.15) is 19.3 Å². The molecule has 0 spiro atoms. The maximum absolute atomic E-state index is 12.4. The van der Waals surface area contributed by atoms with Gasteiger partial charge < -0.3 is 20.1 Å². The van der Waals surface area contributed by atoms with E-state index in [1.54, 1.807) is 14.2 Å². The van der Waals surface area contributed by atoms with E-state index in [4.69, 9.17) is 9.47 Å². The minimum Gasteiger partial charge on any atom is -0.381 e. The summed E-state index contributed by atoms with van der Waals surface area (Å²) >= 11 is 0. The number of rotatable bonds is 5. The molecule has 0 aromatic heterocycles. The van der Waals surface area contributed by atoms with Crippen LogP contribution in [0.15, 0.2) is 4.99 Å². The fraction of sp³-hybridized carbons (Fsp3) is 0.933. The average molecular weight is 352 g/mol. The summed E-state index contributed by atoms with van der Waals surface area (Å²) in [4.78, 5) is 5.58. The predicted octanol–water partition coefficient (Wildman–Crippen LogP) is 0.984. The Morgan fingerprint density at radius 1 is 1.38 bits per heavy atom. The summed E-state index contributed by atoms with van der Waals surface area (Å²) in [5.41, 5.74) is -0.284. The molecule has 2 fully saturated rings. The van der Waals surface area contributed by atoms with Crippen LogP contribution in [-0.4, -0.2) is 82.2 Å². The molecule has 2 N–H and O–H groups in total. The number of nitrogens with one attached hydrogen (secondary N) is 2. The Hall–Kier alpha value is -1.06. The van der Waals surface area contributed by atoms with Crippen molar-refractivity contribution in [3.63, 3.8) is 0 Å². The summed E-state index contributed by atoms with van der Waals surface area (Å²) in [6.45, 7) is 1.86. The van der Waals surface area contributed by atoms with Gasteiger partial charge in [0.15, 0.2) is 5.96 Å². The van der Waals surface area contributed by atoms with Crippen molar-refractivity contribution in [1.29, 1.82) is 0 Å². The molecule has 2 aliphatic heterocycles. The van der Waals surface area contributed by atoms with Gasteiger partial charge in [0.25, 0.3) is 0 Å². The molecule has 1 unspecified atom stereocenters. The molecule has 2 aliphatic rings. The van der Waals surface area contributed by atoms with Crippen LogP contribution in [-0.2, 0) is 9.47 Å². The number of hydrogen-bond acceptors (Lipinski definition) is 4. The second kappa shape index (κ2) is 8.35. The molecule has 2 heterocycles. The zero-order valence-electron chi connectivity index (χ0n) is 14.3. The largest absolute Gasteiger partial charge is 0.401 e. The quantitative estimate of drug-likeness (QED) is 0.571. The first-order valence-electron chi connectivity index (χ1n) is 8.25. The van der Waals surface area contributed by atoms with Crippen LogP contribution < -0.4 is 10.6 Å². The Morgan fingerprint density at radius 2 is 2.08 bits per heavy atom. The Morgan fingerprint density at radius 3 is 2.67 bits per heavy atom. The molecule has 0 aliphatic carbocycles. The fourth-order valence-corrected chi connectivity index (χ4v) is 3.18. The molecule has 0 radical (unpaired) electrons. The second-order valence-corrected chi connectivity index (χ2v) is 6.41. The number of nitrogens with zero attached hydrogens (tertiary/aromatic N) is 2. The summed E-state index contributed by atoms with van der Waals surface area (Å²) in [6, 6.07) is -0.0354.